The fraction of sp³-hybridized carbons (Fsp3) is 0.150. The molecule has 31 heavy (non-hydrogen) atoms. The lowest BCUT2D eigenvalue weighted by Crippen LogP contribution is -2.43. The van der Waals surface area contributed by atoms with Gasteiger partial charge in [-0.05, 0) is 36.4 Å². The van der Waals surface area contributed by atoms with E-state index in [0.29, 0.717) is 17.1 Å². The molecule has 0 fully saturated rings. The van der Waals surface area contributed by atoms with E-state index in [9.17, 15) is 22.8 Å². The van der Waals surface area contributed by atoms with Gasteiger partial charge in [0, 0.05) is 10.9 Å². The maximum Gasteiger partial charge on any atom is 0.416 e. The summed E-state index contributed by atoms with van der Waals surface area (Å²) < 4.78 is 44.3. The van der Waals surface area contributed by atoms with Crippen molar-refractivity contribution < 1.29 is 27.5 Å². The third-order valence-corrected chi connectivity index (χ3v) is 5.42. The molecule has 0 saturated heterocycles. The zero-order chi connectivity index (χ0) is 22.2. The molecular weight excluding hydrogens is 455 g/mol. The van der Waals surface area contributed by atoms with Gasteiger partial charge in [-0.2, -0.15) is 13.2 Å². The summed E-state index contributed by atoms with van der Waals surface area (Å²) in [5, 5.41) is 4.13. The van der Waals surface area contributed by atoms with Crippen LogP contribution < -0.4 is 15.0 Å². The molecule has 1 aromatic heterocycles. The van der Waals surface area contributed by atoms with Crippen LogP contribution in [0.5, 0.6) is 5.75 Å². The Balaban J connectivity index is 1.58. The molecule has 1 N–H and O–H groups in total. The summed E-state index contributed by atoms with van der Waals surface area (Å²) in [7, 11) is 0. The van der Waals surface area contributed by atoms with E-state index in [1.807, 2.05) is 5.38 Å². The third-order valence-electron chi connectivity index (χ3n) is 4.50. The first kappa shape index (κ1) is 21.1. The highest BCUT2D eigenvalue weighted by Crippen LogP contribution is 2.37. The van der Waals surface area contributed by atoms with E-state index in [1.165, 1.54) is 16.2 Å². The number of nitrogens with zero attached hydrogens (tertiary/aromatic N) is 2. The van der Waals surface area contributed by atoms with E-state index in [0.717, 1.165) is 23.8 Å². The number of halogens is 4. The summed E-state index contributed by atoms with van der Waals surface area (Å²) in [4.78, 5) is 30.4. The number of anilines is 2. The van der Waals surface area contributed by atoms with Gasteiger partial charge in [-0.3, -0.25) is 14.5 Å². The first-order chi connectivity index (χ1) is 14.7. The molecule has 0 bridgehead atoms. The summed E-state index contributed by atoms with van der Waals surface area (Å²) in [5.41, 5.74) is 2.31. The topological polar surface area (TPSA) is 71.5 Å². The van der Waals surface area contributed by atoms with Crippen LogP contribution in [-0.2, 0) is 15.8 Å². The molecular formula is C20H13ClF3N3O3S. The van der Waals surface area contributed by atoms with Crippen molar-refractivity contribution in [3.05, 3.63) is 57.9 Å². The highest BCUT2D eigenvalue weighted by Gasteiger charge is 2.32. The molecule has 4 rings (SSSR count). The summed E-state index contributed by atoms with van der Waals surface area (Å²) in [5.74, 6) is -0.766. The van der Waals surface area contributed by atoms with Gasteiger partial charge in [-0.15, -0.1) is 11.3 Å². The van der Waals surface area contributed by atoms with E-state index in [4.69, 9.17) is 16.3 Å². The maximum absolute atomic E-state index is 13.0. The molecule has 0 atom stereocenters. The Kier molecular flexibility index (Phi) is 5.59. The normalized spacial score (nSPS) is 13.5. The number of aromatic nitrogens is 1. The van der Waals surface area contributed by atoms with Crippen LogP contribution in [0.15, 0.2) is 47.3 Å². The minimum Gasteiger partial charge on any atom is -0.482 e. The lowest BCUT2D eigenvalue weighted by atomic mass is 10.1. The van der Waals surface area contributed by atoms with Gasteiger partial charge >= 0.3 is 6.18 Å². The number of hydrogen-bond donors (Lipinski definition) is 1. The molecule has 0 saturated carbocycles. The summed E-state index contributed by atoms with van der Waals surface area (Å²) >= 11 is 7.34. The van der Waals surface area contributed by atoms with Crippen molar-refractivity contribution in [1.82, 2.24) is 4.98 Å². The Hall–Kier alpha value is -3.11. The van der Waals surface area contributed by atoms with Crippen LogP contribution in [0.25, 0.3) is 11.3 Å². The van der Waals surface area contributed by atoms with Crippen molar-refractivity contribution >= 4 is 46.1 Å². The Morgan fingerprint density at radius 3 is 2.77 bits per heavy atom. The number of amides is 2. The van der Waals surface area contributed by atoms with Gasteiger partial charge in [0.2, 0.25) is 5.91 Å². The van der Waals surface area contributed by atoms with Crippen LogP contribution in [0.3, 0.4) is 0 Å². The molecule has 0 spiro atoms. The molecule has 1 aliphatic heterocycles. The second kappa shape index (κ2) is 8.20. The largest absolute Gasteiger partial charge is 0.482 e. The number of alkyl halides is 3. The van der Waals surface area contributed by atoms with Gasteiger partial charge in [-0.1, -0.05) is 11.6 Å². The minimum absolute atomic E-state index is 0.0547. The van der Waals surface area contributed by atoms with Gasteiger partial charge in [0.25, 0.3) is 5.91 Å². The molecule has 2 aromatic carbocycles. The molecule has 1 aliphatic rings. The highest BCUT2D eigenvalue weighted by molar-refractivity contribution is 7.07. The van der Waals surface area contributed by atoms with Crippen molar-refractivity contribution in [2.24, 2.45) is 0 Å². The zero-order valence-corrected chi connectivity index (χ0v) is 17.1. The van der Waals surface area contributed by atoms with Crippen molar-refractivity contribution in [3.63, 3.8) is 0 Å². The van der Waals surface area contributed by atoms with E-state index in [2.05, 4.69) is 10.3 Å². The fourth-order valence-electron chi connectivity index (χ4n) is 3.02. The van der Waals surface area contributed by atoms with Crippen LogP contribution in [0, 0.1) is 0 Å². The third kappa shape index (κ3) is 4.49. The summed E-state index contributed by atoms with van der Waals surface area (Å²) in [6.07, 6.45) is -4.59. The number of nitrogens with one attached hydrogen (secondary N) is 1. The molecule has 160 valence electrons. The van der Waals surface area contributed by atoms with E-state index in [-0.39, 0.29) is 17.3 Å². The first-order valence-corrected chi connectivity index (χ1v) is 10.2. The van der Waals surface area contributed by atoms with Gasteiger partial charge < -0.3 is 10.1 Å². The molecule has 3 aromatic rings. The first-order valence-electron chi connectivity index (χ1n) is 8.85. The van der Waals surface area contributed by atoms with Crippen LogP contribution in [0.2, 0.25) is 5.02 Å². The Morgan fingerprint density at radius 2 is 2.06 bits per heavy atom. The van der Waals surface area contributed by atoms with Crippen molar-refractivity contribution in [3.8, 4) is 17.0 Å². The molecule has 0 aliphatic carbocycles. The second-order valence-electron chi connectivity index (χ2n) is 6.57. The number of carbonyl (C=O) groups is 2. The SMILES string of the molecule is O=C(CN1C(=O)COc2ccc(-c3cscn3)cc21)Nc1cc(C(F)(F)F)ccc1Cl. The molecule has 0 radical (unpaired) electrons. The fourth-order valence-corrected chi connectivity index (χ4v) is 3.75. The Bertz CT molecular complexity index is 1150. The van der Waals surface area contributed by atoms with Crippen LogP contribution in [0.1, 0.15) is 5.56 Å². The van der Waals surface area contributed by atoms with Gasteiger partial charge in [-0.25, -0.2) is 4.98 Å². The average molecular weight is 468 g/mol. The van der Waals surface area contributed by atoms with Crippen LogP contribution >= 0.6 is 22.9 Å². The second-order valence-corrected chi connectivity index (χ2v) is 7.69. The zero-order valence-electron chi connectivity index (χ0n) is 15.6. The van der Waals surface area contributed by atoms with E-state index < -0.39 is 30.1 Å². The molecule has 11 heteroatoms. The highest BCUT2D eigenvalue weighted by atomic mass is 35.5. The maximum atomic E-state index is 13.0. The van der Waals surface area contributed by atoms with Crippen molar-refractivity contribution in [2.45, 2.75) is 6.18 Å². The van der Waals surface area contributed by atoms with Crippen molar-refractivity contribution in [1.29, 1.82) is 0 Å². The standard InChI is InChI=1S/C20H13ClF3N3O3S/c21-13-3-2-12(20(22,23)24)6-14(13)26-18(28)7-27-16-5-11(15-9-31-10-25-15)1-4-17(16)30-8-19(27)29/h1-6,9-10H,7-8H2,(H,26,28). The predicted molar refractivity (Wildman–Crippen MR) is 110 cm³/mol. The number of hydrogen-bond acceptors (Lipinski definition) is 5. The smallest absolute Gasteiger partial charge is 0.416 e. The van der Waals surface area contributed by atoms with Crippen LogP contribution in [0.4, 0.5) is 24.5 Å². The Labute approximate surface area is 183 Å². The van der Waals surface area contributed by atoms with Crippen molar-refractivity contribution in [2.75, 3.05) is 23.4 Å². The molecule has 6 nitrogen and oxygen atoms in total. The predicted octanol–water partition coefficient (Wildman–Crippen LogP) is 4.85. The summed E-state index contributed by atoms with van der Waals surface area (Å²) in [6.45, 7) is -0.692. The molecule has 2 heterocycles. The number of thiazole rings is 1. The number of benzene rings is 2. The van der Waals surface area contributed by atoms with Gasteiger partial charge in [0.15, 0.2) is 6.61 Å². The van der Waals surface area contributed by atoms with Crippen LogP contribution in [-0.4, -0.2) is 29.9 Å². The molecule has 2 amide bonds. The quantitative estimate of drug-likeness (QED) is 0.595. The number of rotatable bonds is 4. The number of carbonyl (C=O) groups excluding carboxylic acids is 2. The van der Waals surface area contributed by atoms with Gasteiger partial charge in [0.1, 0.15) is 12.3 Å². The lowest BCUT2D eigenvalue weighted by Gasteiger charge is -2.29. The van der Waals surface area contributed by atoms with E-state index >= 15 is 0 Å². The van der Waals surface area contributed by atoms with Gasteiger partial charge in [0.05, 0.1) is 33.2 Å². The number of ether oxygens (including phenoxy) is 1. The average Bonchev–Trinajstić information content (AvgIpc) is 3.25. The summed E-state index contributed by atoms with van der Waals surface area (Å²) in [6, 6.07) is 7.74. The number of fused-ring (bicyclic) bond motifs is 1. The monoisotopic (exact) mass is 467 g/mol. The molecule has 0 unspecified atom stereocenters. The lowest BCUT2D eigenvalue weighted by molar-refractivity contribution is -0.137. The Morgan fingerprint density at radius 1 is 1.26 bits per heavy atom. The van der Waals surface area contributed by atoms with E-state index in [1.54, 1.807) is 23.7 Å². The minimum atomic E-state index is -4.59.